The van der Waals surface area contributed by atoms with Gasteiger partial charge in [-0.15, -0.1) is 0 Å². The van der Waals surface area contributed by atoms with E-state index in [0.29, 0.717) is 19.2 Å². The number of amides is 2. The Bertz CT molecular complexity index is 315. The minimum Gasteiger partial charge on any atom is -0.466 e. The Labute approximate surface area is 108 Å². The Morgan fingerprint density at radius 1 is 1.28 bits per heavy atom. The first-order chi connectivity index (χ1) is 8.70. The second-order valence-corrected chi connectivity index (χ2v) is 5.11. The summed E-state index contributed by atoms with van der Waals surface area (Å²) in [5, 5.41) is 3.01. The van der Waals surface area contributed by atoms with Crippen molar-refractivity contribution in [3.05, 3.63) is 0 Å². The van der Waals surface area contributed by atoms with Crippen LogP contribution in [0.5, 0.6) is 0 Å². The average molecular weight is 254 g/mol. The summed E-state index contributed by atoms with van der Waals surface area (Å²) in [6.07, 6.45) is 5.08. The summed E-state index contributed by atoms with van der Waals surface area (Å²) >= 11 is 0. The third-order valence-corrected chi connectivity index (χ3v) is 3.76. The maximum atomic E-state index is 12.0. The molecule has 2 fully saturated rings. The Morgan fingerprint density at radius 3 is 2.67 bits per heavy atom. The molecule has 18 heavy (non-hydrogen) atoms. The molecular formula is C13H22N2O3. The molecule has 0 spiro atoms. The van der Waals surface area contributed by atoms with Gasteiger partial charge in [0.2, 0.25) is 0 Å². The predicted octanol–water partition coefficient (Wildman–Crippen LogP) is 1.52. The third-order valence-electron chi connectivity index (χ3n) is 3.76. The zero-order valence-corrected chi connectivity index (χ0v) is 11.0. The van der Waals surface area contributed by atoms with Crippen LogP contribution in [0.2, 0.25) is 0 Å². The first-order valence-electron chi connectivity index (χ1n) is 6.92. The van der Waals surface area contributed by atoms with Gasteiger partial charge in [0.15, 0.2) is 0 Å². The lowest BCUT2D eigenvalue weighted by Gasteiger charge is -2.34. The Morgan fingerprint density at radius 2 is 2.06 bits per heavy atom. The van der Waals surface area contributed by atoms with Gasteiger partial charge in [-0.2, -0.15) is 0 Å². The minimum atomic E-state index is -0.168. The molecule has 0 bridgehead atoms. The SMILES string of the molecule is CCOC(=O)[C@H]1CCCN(C(=O)NC2CCC2)C1. The van der Waals surface area contributed by atoms with Gasteiger partial charge in [0, 0.05) is 19.1 Å². The molecule has 0 aromatic heterocycles. The molecule has 0 radical (unpaired) electrons. The van der Waals surface area contributed by atoms with Crippen LogP contribution in [-0.2, 0) is 9.53 Å². The van der Waals surface area contributed by atoms with Crippen molar-refractivity contribution in [3.8, 4) is 0 Å². The number of carbonyl (C=O) groups excluding carboxylic acids is 2. The molecule has 102 valence electrons. The quantitative estimate of drug-likeness (QED) is 0.777. The molecule has 1 atom stereocenters. The normalized spacial score (nSPS) is 24.3. The maximum absolute atomic E-state index is 12.0. The number of piperidine rings is 1. The van der Waals surface area contributed by atoms with Gasteiger partial charge in [-0.05, 0) is 39.0 Å². The molecule has 0 aromatic rings. The molecule has 2 rings (SSSR count). The van der Waals surface area contributed by atoms with Crippen LogP contribution in [0.25, 0.3) is 0 Å². The maximum Gasteiger partial charge on any atom is 0.317 e. The van der Waals surface area contributed by atoms with E-state index in [1.165, 1.54) is 6.42 Å². The molecule has 5 heteroatoms. The molecule has 1 aliphatic carbocycles. The summed E-state index contributed by atoms with van der Waals surface area (Å²) in [7, 11) is 0. The number of rotatable bonds is 3. The minimum absolute atomic E-state index is 0.0197. The highest BCUT2D eigenvalue weighted by Gasteiger charge is 2.30. The number of nitrogens with zero attached hydrogens (tertiary/aromatic N) is 1. The molecule has 1 saturated heterocycles. The molecular weight excluding hydrogens is 232 g/mol. The van der Waals surface area contributed by atoms with Crippen LogP contribution in [-0.4, -0.2) is 42.6 Å². The number of likely N-dealkylation sites (tertiary alicyclic amines) is 1. The van der Waals surface area contributed by atoms with Crippen molar-refractivity contribution in [3.63, 3.8) is 0 Å². The molecule has 1 heterocycles. The van der Waals surface area contributed by atoms with Crippen LogP contribution in [0, 0.1) is 5.92 Å². The molecule has 1 aliphatic heterocycles. The summed E-state index contributed by atoms with van der Waals surface area (Å²) in [5.41, 5.74) is 0. The lowest BCUT2D eigenvalue weighted by Crippen LogP contribution is -2.51. The zero-order chi connectivity index (χ0) is 13.0. The smallest absolute Gasteiger partial charge is 0.317 e. The van der Waals surface area contributed by atoms with E-state index in [2.05, 4.69) is 5.32 Å². The van der Waals surface area contributed by atoms with Gasteiger partial charge in [0.1, 0.15) is 0 Å². The number of hydrogen-bond acceptors (Lipinski definition) is 3. The predicted molar refractivity (Wildman–Crippen MR) is 67.1 cm³/mol. The van der Waals surface area contributed by atoms with Crippen molar-refractivity contribution in [1.82, 2.24) is 10.2 Å². The lowest BCUT2D eigenvalue weighted by atomic mass is 9.93. The van der Waals surface area contributed by atoms with Gasteiger partial charge >= 0.3 is 12.0 Å². The summed E-state index contributed by atoms with van der Waals surface area (Å²) in [5.74, 6) is -0.315. The summed E-state index contributed by atoms with van der Waals surface area (Å²) in [6, 6.07) is 0.328. The number of hydrogen-bond donors (Lipinski definition) is 1. The van der Waals surface area contributed by atoms with E-state index in [-0.39, 0.29) is 17.9 Å². The summed E-state index contributed by atoms with van der Waals surface area (Å²) in [6.45, 7) is 3.46. The number of ether oxygens (including phenoxy) is 1. The molecule has 0 unspecified atom stereocenters. The number of urea groups is 1. The molecule has 5 nitrogen and oxygen atoms in total. The topological polar surface area (TPSA) is 58.6 Å². The fraction of sp³-hybridized carbons (Fsp3) is 0.846. The average Bonchev–Trinajstić information content (AvgIpc) is 2.34. The highest BCUT2D eigenvalue weighted by atomic mass is 16.5. The van der Waals surface area contributed by atoms with Gasteiger partial charge in [0.25, 0.3) is 0 Å². The van der Waals surface area contributed by atoms with Crippen molar-refractivity contribution in [1.29, 1.82) is 0 Å². The van der Waals surface area contributed by atoms with E-state index < -0.39 is 0 Å². The van der Waals surface area contributed by atoms with Gasteiger partial charge in [-0.25, -0.2) is 4.79 Å². The van der Waals surface area contributed by atoms with E-state index in [1.54, 1.807) is 4.90 Å². The standard InChI is InChI=1S/C13H22N2O3/c1-2-18-12(16)10-5-4-8-15(9-10)13(17)14-11-6-3-7-11/h10-11H,2-9H2,1H3,(H,14,17)/t10-/m0/s1. The fourth-order valence-electron chi connectivity index (χ4n) is 2.43. The van der Waals surface area contributed by atoms with Crippen molar-refractivity contribution in [2.75, 3.05) is 19.7 Å². The third kappa shape index (κ3) is 3.15. The zero-order valence-electron chi connectivity index (χ0n) is 11.0. The molecule has 1 saturated carbocycles. The van der Waals surface area contributed by atoms with Crippen LogP contribution >= 0.6 is 0 Å². The first kappa shape index (κ1) is 13.2. The summed E-state index contributed by atoms with van der Waals surface area (Å²) < 4.78 is 5.03. The van der Waals surface area contributed by atoms with Crippen LogP contribution < -0.4 is 5.32 Å². The van der Waals surface area contributed by atoms with E-state index in [9.17, 15) is 9.59 Å². The van der Waals surface area contributed by atoms with Crippen LogP contribution in [0.1, 0.15) is 39.0 Å². The highest BCUT2D eigenvalue weighted by Crippen LogP contribution is 2.21. The lowest BCUT2D eigenvalue weighted by molar-refractivity contribution is -0.149. The van der Waals surface area contributed by atoms with E-state index in [0.717, 1.165) is 32.2 Å². The van der Waals surface area contributed by atoms with E-state index in [4.69, 9.17) is 4.74 Å². The van der Waals surface area contributed by atoms with Crippen molar-refractivity contribution >= 4 is 12.0 Å². The first-order valence-corrected chi connectivity index (χ1v) is 6.92. The van der Waals surface area contributed by atoms with E-state index in [1.807, 2.05) is 6.92 Å². The van der Waals surface area contributed by atoms with E-state index >= 15 is 0 Å². The molecule has 2 aliphatic rings. The van der Waals surface area contributed by atoms with Gasteiger partial charge in [0.05, 0.1) is 12.5 Å². The van der Waals surface area contributed by atoms with Crippen LogP contribution in [0.15, 0.2) is 0 Å². The number of carbonyl (C=O) groups is 2. The van der Waals surface area contributed by atoms with Crippen LogP contribution in [0.4, 0.5) is 4.79 Å². The number of nitrogens with one attached hydrogen (secondary N) is 1. The number of esters is 1. The van der Waals surface area contributed by atoms with Gasteiger partial charge in [-0.1, -0.05) is 0 Å². The molecule has 0 aromatic carbocycles. The highest BCUT2D eigenvalue weighted by molar-refractivity contribution is 5.77. The Kier molecular flexibility index (Phi) is 4.44. The van der Waals surface area contributed by atoms with Crippen molar-refractivity contribution < 1.29 is 14.3 Å². The Hall–Kier alpha value is -1.26. The second-order valence-electron chi connectivity index (χ2n) is 5.11. The van der Waals surface area contributed by atoms with Crippen molar-refractivity contribution in [2.24, 2.45) is 5.92 Å². The van der Waals surface area contributed by atoms with Gasteiger partial charge in [-0.3, -0.25) is 4.79 Å². The monoisotopic (exact) mass is 254 g/mol. The van der Waals surface area contributed by atoms with Crippen molar-refractivity contribution in [2.45, 2.75) is 45.1 Å². The second kappa shape index (κ2) is 6.07. The Balaban J connectivity index is 1.81. The molecule has 2 amide bonds. The summed E-state index contributed by atoms with van der Waals surface area (Å²) in [4.78, 5) is 25.4. The molecule has 1 N–H and O–H groups in total. The van der Waals surface area contributed by atoms with Crippen LogP contribution in [0.3, 0.4) is 0 Å². The fourth-order valence-corrected chi connectivity index (χ4v) is 2.43. The largest absolute Gasteiger partial charge is 0.466 e. The van der Waals surface area contributed by atoms with Gasteiger partial charge < -0.3 is 15.0 Å².